The van der Waals surface area contributed by atoms with Crippen molar-refractivity contribution in [2.75, 3.05) is 12.9 Å². The van der Waals surface area contributed by atoms with Crippen molar-refractivity contribution >= 4 is 23.6 Å². The summed E-state index contributed by atoms with van der Waals surface area (Å²) in [5, 5.41) is 2.94. The Morgan fingerprint density at radius 3 is 2.26 bits per heavy atom. The maximum Gasteiger partial charge on any atom is 0.242 e. The zero-order chi connectivity index (χ0) is 22.8. The number of amides is 2. The number of benzene rings is 2. The molecule has 0 aromatic heterocycles. The SMILES string of the molecule is CC[C@@H](C)NC(=O)[C@@H](C)N(Cc1ccc(F)cc1)C(=O)CSCc1ccc(OC)cc1. The number of thioether (sulfide) groups is 1. The fourth-order valence-electron chi connectivity index (χ4n) is 2.90. The summed E-state index contributed by atoms with van der Waals surface area (Å²) in [6, 6.07) is 13.1. The minimum atomic E-state index is -0.631. The number of nitrogens with one attached hydrogen (secondary N) is 1. The smallest absolute Gasteiger partial charge is 0.242 e. The summed E-state index contributed by atoms with van der Waals surface area (Å²) in [6.45, 7) is 5.90. The minimum absolute atomic E-state index is 0.0298. The number of nitrogens with zero attached hydrogens (tertiary/aromatic N) is 1. The summed E-state index contributed by atoms with van der Waals surface area (Å²) in [5.41, 5.74) is 1.87. The highest BCUT2D eigenvalue weighted by atomic mass is 32.2. The Hall–Kier alpha value is -2.54. The fourth-order valence-corrected chi connectivity index (χ4v) is 3.77. The van der Waals surface area contributed by atoms with Crippen molar-refractivity contribution in [3.63, 3.8) is 0 Å². The van der Waals surface area contributed by atoms with E-state index in [0.717, 1.165) is 23.3 Å². The van der Waals surface area contributed by atoms with Crippen molar-refractivity contribution in [2.45, 2.75) is 51.6 Å². The minimum Gasteiger partial charge on any atom is -0.497 e. The van der Waals surface area contributed by atoms with Crippen molar-refractivity contribution in [3.05, 3.63) is 65.5 Å². The van der Waals surface area contributed by atoms with E-state index < -0.39 is 6.04 Å². The average Bonchev–Trinajstić information content (AvgIpc) is 2.78. The van der Waals surface area contributed by atoms with Gasteiger partial charge in [-0.05, 0) is 55.7 Å². The molecule has 5 nitrogen and oxygen atoms in total. The lowest BCUT2D eigenvalue weighted by Crippen LogP contribution is -2.50. The molecular formula is C24H31FN2O3S. The number of hydrogen-bond acceptors (Lipinski definition) is 4. The Labute approximate surface area is 188 Å². The van der Waals surface area contributed by atoms with Crippen LogP contribution in [0.15, 0.2) is 48.5 Å². The molecule has 0 radical (unpaired) electrons. The van der Waals surface area contributed by atoms with Gasteiger partial charge in [0, 0.05) is 18.3 Å². The quantitative estimate of drug-likeness (QED) is 0.556. The molecule has 0 saturated carbocycles. The average molecular weight is 447 g/mol. The van der Waals surface area contributed by atoms with Gasteiger partial charge < -0.3 is 15.0 Å². The van der Waals surface area contributed by atoms with E-state index in [1.54, 1.807) is 31.1 Å². The van der Waals surface area contributed by atoms with Crippen LogP contribution in [0.25, 0.3) is 0 Å². The molecular weight excluding hydrogens is 415 g/mol. The topological polar surface area (TPSA) is 58.6 Å². The second-order valence-corrected chi connectivity index (χ2v) is 8.47. The van der Waals surface area contributed by atoms with E-state index in [4.69, 9.17) is 4.74 Å². The first kappa shape index (κ1) is 24.7. The summed E-state index contributed by atoms with van der Waals surface area (Å²) < 4.78 is 18.4. The second kappa shape index (κ2) is 12.3. The largest absolute Gasteiger partial charge is 0.497 e. The predicted octanol–water partition coefficient (Wildman–Crippen LogP) is 4.40. The number of ether oxygens (including phenoxy) is 1. The molecule has 2 aromatic rings. The summed E-state index contributed by atoms with van der Waals surface area (Å²) in [6.07, 6.45) is 0.808. The van der Waals surface area contributed by atoms with E-state index in [0.29, 0.717) is 5.75 Å². The molecule has 168 valence electrons. The van der Waals surface area contributed by atoms with Gasteiger partial charge >= 0.3 is 0 Å². The van der Waals surface area contributed by atoms with Gasteiger partial charge in [0.15, 0.2) is 0 Å². The number of halogens is 1. The van der Waals surface area contributed by atoms with Crippen LogP contribution in [0.3, 0.4) is 0 Å². The summed E-state index contributed by atoms with van der Waals surface area (Å²) >= 11 is 1.49. The number of methoxy groups -OCH3 is 1. The Kier molecular flexibility index (Phi) is 9.85. The number of hydrogen-bond donors (Lipinski definition) is 1. The van der Waals surface area contributed by atoms with Gasteiger partial charge in [-0.25, -0.2) is 4.39 Å². The van der Waals surface area contributed by atoms with Crippen molar-refractivity contribution in [2.24, 2.45) is 0 Å². The number of carbonyl (C=O) groups excluding carboxylic acids is 2. The molecule has 31 heavy (non-hydrogen) atoms. The first-order valence-corrected chi connectivity index (χ1v) is 11.5. The van der Waals surface area contributed by atoms with Gasteiger partial charge in [-0.1, -0.05) is 31.2 Å². The lowest BCUT2D eigenvalue weighted by molar-refractivity contribution is -0.138. The highest BCUT2D eigenvalue weighted by Gasteiger charge is 2.26. The lowest BCUT2D eigenvalue weighted by Gasteiger charge is -2.29. The third kappa shape index (κ3) is 7.90. The van der Waals surface area contributed by atoms with Gasteiger partial charge in [-0.3, -0.25) is 9.59 Å². The highest BCUT2D eigenvalue weighted by molar-refractivity contribution is 7.99. The molecule has 0 spiro atoms. The van der Waals surface area contributed by atoms with Gasteiger partial charge in [0.25, 0.3) is 0 Å². The van der Waals surface area contributed by atoms with Crippen LogP contribution in [0, 0.1) is 5.82 Å². The monoisotopic (exact) mass is 446 g/mol. The molecule has 0 saturated heterocycles. The molecule has 0 unspecified atom stereocenters. The van der Waals surface area contributed by atoms with E-state index in [1.807, 2.05) is 38.1 Å². The molecule has 2 rings (SSSR count). The summed E-state index contributed by atoms with van der Waals surface area (Å²) in [5.74, 6) is 1.05. The highest BCUT2D eigenvalue weighted by Crippen LogP contribution is 2.18. The first-order chi connectivity index (χ1) is 14.8. The molecule has 2 amide bonds. The van der Waals surface area contributed by atoms with Crippen LogP contribution in [0.4, 0.5) is 4.39 Å². The number of rotatable bonds is 11. The van der Waals surface area contributed by atoms with E-state index in [1.165, 1.54) is 23.9 Å². The zero-order valence-corrected chi connectivity index (χ0v) is 19.4. The third-order valence-electron chi connectivity index (χ3n) is 5.09. The Morgan fingerprint density at radius 2 is 1.68 bits per heavy atom. The van der Waals surface area contributed by atoms with Crippen LogP contribution in [0.2, 0.25) is 0 Å². The van der Waals surface area contributed by atoms with Gasteiger partial charge in [-0.15, -0.1) is 11.8 Å². The van der Waals surface area contributed by atoms with Gasteiger partial charge in [-0.2, -0.15) is 0 Å². The van der Waals surface area contributed by atoms with E-state index in [2.05, 4.69) is 5.32 Å². The summed E-state index contributed by atoms with van der Waals surface area (Å²) in [7, 11) is 1.62. The van der Waals surface area contributed by atoms with Crippen molar-refractivity contribution in [1.82, 2.24) is 10.2 Å². The molecule has 1 N–H and O–H groups in total. The molecule has 0 aliphatic heterocycles. The Bertz CT molecular complexity index is 843. The summed E-state index contributed by atoms with van der Waals surface area (Å²) in [4.78, 5) is 27.3. The maximum atomic E-state index is 13.3. The van der Waals surface area contributed by atoms with Crippen LogP contribution in [-0.2, 0) is 21.9 Å². The third-order valence-corrected chi connectivity index (χ3v) is 6.08. The molecule has 0 bridgehead atoms. The zero-order valence-electron chi connectivity index (χ0n) is 18.6. The van der Waals surface area contributed by atoms with E-state index in [-0.39, 0.29) is 36.0 Å². The second-order valence-electron chi connectivity index (χ2n) is 7.48. The molecule has 0 aliphatic rings. The number of carbonyl (C=O) groups is 2. The first-order valence-electron chi connectivity index (χ1n) is 10.4. The standard InChI is InChI=1S/C24H31FN2O3S/c1-5-17(2)26-24(29)18(3)27(14-19-6-10-21(25)11-7-19)23(28)16-31-15-20-8-12-22(30-4)13-9-20/h6-13,17-18H,5,14-16H2,1-4H3,(H,26,29)/t17-,18-/m1/s1. The predicted molar refractivity (Wildman–Crippen MR) is 123 cm³/mol. The van der Waals surface area contributed by atoms with E-state index in [9.17, 15) is 14.0 Å². The fraction of sp³-hybridized carbons (Fsp3) is 0.417. The van der Waals surface area contributed by atoms with Crippen LogP contribution in [-0.4, -0.2) is 41.7 Å². The maximum absolute atomic E-state index is 13.3. The normalized spacial score (nSPS) is 12.7. The Morgan fingerprint density at radius 1 is 1.06 bits per heavy atom. The molecule has 0 aliphatic carbocycles. The Balaban J connectivity index is 2.04. The van der Waals surface area contributed by atoms with Crippen molar-refractivity contribution in [3.8, 4) is 5.75 Å². The van der Waals surface area contributed by atoms with Crippen molar-refractivity contribution in [1.29, 1.82) is 0 Å². The molecule has 0 fully saturated rings. The van der Waals surface area contributed by atoms with Gasteiger partial charge in [0.2, 0.25) is 11.8 Å². The van der Waals surface area contributed by atoms with Crippen LogP contribution >= 0.6 is 11.8 Å². The van der Waals surface area contributed by atoms with Gasteiger partial charge in [0.05, 0.1) is 12.9 Å². The van der Waals surface area contributed by atoms with Crippen LogP contribution < -0.4 is 10.1 Å². The molecule has 2 aromatic carbocycles. The molecule has 7 heteroatoms. The van der Waals surface area contributed by atoms with Crippen molar-refractivity contribution < 1.29 is 18.7 Å². The molecule has 0 heterocycles. The van der Waals surface area contributed by atoms with E-state index >= 15 is 0 Å². The van der Waals surface area contributed by atoms with Crippen LogP contribution in [0.1, 0.15) is 38.3 Å². The van der Waals surface area contributed by atoms with Gasteiger partial charge in [0.1, 0.15) is 17.6 Å². The van der Waals surface area contributed by atoms with Crippen LogP contribution in [0.5, 0.6) is 5.75 Å². The molecule has 2 atom stereocenters. The lowest BCUT2D eigenvalue weighted by atomic mass is 10.1.